The Hall–Kier alpha value is -2.55. The summed E-state index contributed by atoms with van der Waals surface area (Å²) in [5.41, 5.74) is 1.94. The molecule has 0 unspecified atom stereocenters. The van der Waals surface area contributed by atoms with E-state index in [9.17, 15) is 22.8 Å². The highest BCUT2D eigenvalue weighted by Gasteiger charge is 2.41. The topological polar surface area (TPSA) is 27.0 Å². The van der Waals surface area contributed by atoms with Crippen LogP contribution in [0.15, 0.2) is 42.5 Å². The minimum atomic E-state index is -4.18. The Bertz CT molecular complexity index is 800. The molecule has 0 spiro atoms. The number of piperidine rings is 1. The summed E-state index contributed by atoms with van der Waals surface area (Å²) in [7, 11) is 0. The summed E-state index contributed by atoms with van der Waals surface area (Å²) < 4.78 is 52.5. The van der Waals surface area contributed by atoms with Crippen LogP contribution in [0.3, 0.4) is 0 Å². The SMILES string of the molecule is N#Cc1ccc(-c2ccccc2F)cc1N1CCC(C(F)(F)F)CC1. The van der Waals surface area contributed by atoms with Crippen LogP contribution in [0.4, 0.5) is 23.2 Å². The van der Waals surface area contributed by atoms with Gasteiger partial charge < -0.3 is 4.90 Å². The summed E-state index contributed by atoms with van der Waals surface area (Å²) >= 11 is 0. The van der Waals surface area contributed by atoms with Crippen molar-refractivity contribution in [2.75, 3.05) is 18.0 Å². The molecular formula is C19H16F4N2. The van der Waals surface area contributed by atoms with Gasteiger partial charge in [0.2, 0.25) is 0 Å². The molecule has 130 valence electrons. The monoisotopic (exact) mass is 348 g/mol. The van der Waals surface area contributed by atoms with E-state index in [2.05, 4.69) is 6.07 Å². The van der Waals surface area contributed by atoms with Crippen LogP contribution in [-0.4, -0.2) is 19.3 Å². The van der Waals surface area contributed by atoms with E-state index in [-0.39, 0.29) is 31.7 Å². The van der Waals surface area contributed by atoms with Gasteiger partial charge in [0.05, 0.1) is 17.2 Å². The van der Waals surface area contributed by atoms with Crippen LogP contribution in [0.2, 0.25) is 0 Å². The zero-order chi connectivity index (χ0) is 18.0. The summed E-state index contributed by atoms with van der Waals surface area (Å²) in [6, 6.07) is 13.3. The third kappa shape index (κ3) is 3.60. The van der Waals surface area contributed by atoms with E-state index in [0.29, 0.717) is 22.4 Å². The molecule has 0 aromatic heterocycles. The Labute approximate surface area is 143 Å². The average Bonchev–Trinajstić information content (AvgIpc) is 2.61. The van der Waals surface area contributed by atoms with Crippen molar-refractivity contribution >= 4 is 5.69 Å². The Morgan fingerprint density at radius 3 is 2.32 bits per heavy atom. The van der Waals surface area contributed by atoms with Gasteiger partial charge in [0, 0.05) is 18.7 Å². The second-order valence-electron chi connectivity index (χ2n) is 6.13. The Kier molecular flexibility index (Phi) is 4.67. The average molecular weight is 348 g/mol. The number of nitrogens with zero attached hydrogens (tertiary/aromatic N) is 2. The van der Waals surface area contributed by atoms with Gasteiger partial charge in [0.15, 0.2) is 0 Å². The Morgan fingerprint density at radius 1 is 1.04 bits per heavy atom. The summed E-state index contributed by atoms with van der Waals surface area (Å²) in [5, 5.41) is 9.32. The zero-order valence-electron chi connectivity index (χ0n) is 13.4. The van der Waals surface area contributed by atoms with Crippen LogP contribution in [-0.2, 0) is 0 Å². The van der Waals surface area contributed by atoms with Gasteiger partial charge in [-0.25, -0.2) is 4.39 Å². The maximum absolute atomic E-state index is 14.0. The first-order valence-corrected chi connectivity index (χ1v) is 8.01. The molecule has 1 fully saturated rings. The van der Waals surface area contributed by atoms with Crippen molar-refractivity contribution in [3.8, 4) is 17.2 Å². The van der Waals surface area contributed by atoms with Crippen LogP contribution >= 0.6 is 0 Å². The number of alkyl halides is 3. The number of anilines is 1. The van der Waals surface area contributed by atoms with Crippen LogP contribution in [0.5, 0.6) is 0 Å². The number of rotatable bonds is 2. The number of nitriles is 1. The van der Waals surface area contributed by atoms with Gasteiger partial charge >= 0.3 is 6.18 Å². The van der Waals surface area contributed by atoms with Crippen LogP contribution < -0.4 is 4.90 Å². The highest BCUT2D eigenvalue weighted by Crippen LogP contribution is 2.37. The summed E-state index contributed by atoms with van der Waals surface area (Å²) in [4.78, 5) is 1.78. The molecule has 2 aromatic carbocycles. The van der Waals surface area contributed by atoms with Gasteiger partial charge in [-0.3, -0.25) is 0 Å². The van der Waals surface area contributed by atoms with Crippen LogP contribution in [0.25, 0.3) is 11.1 Å². The molecule has 1 aliphatic heterocycles. The fourth-order valence-electron chi connectivity index (χ4n) is 3.20. The highest BCUT2D eigenvalue weighted by molar-refractivity contribution is 5.73. The fraction of sp³-hybridized carbons (Fsp3) is 0.316. The molecule has 6 heteroatoms. The fourth-order valence-corrected chi connectivity index (χ4v) is 3.20. The maximum Gasteiger partial charge on any atom is 0.391 e. The molecule has 0 bridgehead atoms. The van der Waals surface area contributed by atoms with Crippen molar-refractivity contribution in [3.05, 3.63) is 53.8 Å². The molecule has 0 N–H and O–H groups in total. The predicted octanol–water partition coefficient (Wildman–Crippen LogP) is 5.14. The van der Waals surface area contributed by atoms with Crippen molar-refractivity contribution < 1.29 is 17.6 Å². The molecule has 25 heavy (non-hydrogen) atoms. The summed E-state index contributed by atoms with van der Waals surface area (Å²) in [6.45, 7) is 0.444. The van der Waals surface area contributed by atoms with Crippen LogP contribution in [0, 0.1) is 23.1 Å². The van der Waals surface area contributed by atoms with Crippen molar-refractivity contribution in [1.29, 1.82) is 5.26 Å². The van der Waals surface area contributed by atoms with E-state index in [0.717, 1.165) is 0 Å². The molecule has 2 aromatic rings. The van der Waals surface area contributed by atoms with Crippen molar-refractivity contribution in [1.82, 2.24) is 0 Å². The number of benzene rings is 2. The first-order valence-electron chi connectivity index (χ1n) is 8.01. The van der Waals surface area contributed by atoms with Gasteiger partial charge in [0.25, 0.3) is 0 Å². The predicted molar refractivity (Wildman–Crippen MR) is 87.5 cm³/mol. The van der Waals surface area contributed by atoms with Crippen molar-refractivity contribution in [2.45, 2.75) is 19.0 Å². The lowest BCUT2D eigenvalue weighted by Gasteiger charge is -2.35. The molecule has 1 heterocycles. The lowest BCUT2D eigenvalue weighted by Crippen LogP contribution is -2.39. The highest BCUT2D eigenvalue weighted by atomic mass is 19.4. The van der Waals surface area contributed by atoms with E-state index in [1.165, 1.54) is 6.07 Å². The Balaban J connectivity index is 1.90. The minimum Gasteiger partial charge on any atom is -0.370 e. The van der Waals surface area contributed by atoms with E-state index >= 15 is 0 Å². The first kappa shape index (κ1) is 17.3. The molecule has 3 rings (SSSR count). The number of halogens is 4. The van der Waals surface area contributed by atoms with Crippen molar-refractivity contribution in [3.63, 3.8) is 0 Å². The standard InChI is InChI=1S/C19H16F4N2/c20-17-4-2-1-3-16(17)13-5-6-14(12-24)18(11-13)25-9-7-15(8-10-25)19(21,22)23/h1-6,11,15H,7-10H2. The largest absolute Gasteiger partial charge is 0.391 e. The quantitative estimate of drug-likeness (QED) is 0.703. The minimum absolute atomic E-state index is 0.00169. The van der Waals surface area contributed by atoms with Gasteiger partial charge in [-0.2, -0.15) is 18.4 Å². The van der Waals surface area contributed by atoms with Gasteiger partial charge in [0.1, 0.15) is 11.9 Å². The summed E-state index contributed by atoms with van der Waals surface area (Å²) in [5.74, 6) is -1.68. The number of hydrogen-bond acceptors (Lipinski definition) is 2. The molecule has 1 aliphatic rings. The summed E-state index contributed by atoms with van der Waals surface area (Å²) in [6.07, 6.45) is -4.18. The third-order valence-corrected chi connectivity index (χ3v) is 4.60. The first-order chi connectivity index (χ1) is 11.9. The third-order valence-electron chi connectivity index (χ3n) is 4.60. The molecular weight excluding hydrogens is 332 g/mol. The van der Waals surface area contributed by atoms with Crippen molar-refractivity contribution in [2.24, 2.45) is 5.92 Å². The van der Waals surface area contributed by atoms with Gasteiger partial charge in [-0.05, 0) is 36.6 Å². The normalized spacial score (nSPS) is 15.9. The van der Waals surface area contributed by atoms with E-state index in [1.54, 1.807) is 41.3 Å². The Morgan fingerprint density at radius 2 is 1.72 bits per heavy atom. The molecule has 1 saturated heterocycles. The van der Waals surface area contributed by atoms with E-state index in [4.69, 9.17) is 0 Å². The second-order valence-corrected chi connectivity index (χ2v) is 6.13. The number of hydrogen-bond donors (Lipinski definition) is 0. The smallest absolute Gasteiger partial charge is 0.370 e. The van der Waals surface area contributed by atoms with E-state index in [1.807, 2.05) is 0 Å². The maximum atomic E-state index is 14.0. The molecule has 0 atom stereocenters. The van der Waals surface area contributed by atoms with Gasteiger partial charge in [-0.1, -0.05) is 24.3 Å². The lowest BCUT2D eigenvalue weighted by atomic mass is 9.94. The van der Waals surface area contributed by atoms with Crippen LogP contribution in [0.1, 0.15) is 18.4 Å². The lowest BCUT2D eigenvalue weighted by molar-refractivity contribution is -0.179. The van der Waals surface area contributed by atoms with Gasteiger partial charge in [-0.15, -0.1) is 0 Å². The molecule has 0 amide bonds. The zero-order valence-corrected chi connectivity index (χ0v) is 13.4. The second kappa shape index (κ2) is 6.75. The molecule has 0 aliphatic carbocycles. The molecule has 0 saturated carbocycles. The molecule has 2 nitrogen and oxygen atoms in total. The van der Waals surface area contributed by atoms with E-state index < -0.39 is 12.1 Å². The molecule has 0 radical (unpaired) electrons.